The van der Waals surface area contributed by atoms with Crippen molar-refractivity contribution in [2.24, 2.45) is 5.92 Å². The number of nitrogens with one attached hydrogen (secondary N) is 1. The van der Waals surface area contributed by atoms with Crippen molar-refractivity contribution < 1.29 is 13.9 Å². The van der Waals surface area contributed by atoms with Crippen molar-refractivity contribution in [1.29, 1.82) is 0 Å². The number of aryl methyl sites for hydroxylation is 1. The molecule has 1 aliphatic rings. The number of carbonyl (C=O) groups excluding carboxylic acids is 1. The van der Waals surface area contributed by atoms with E-state index in [0.717, 1.165) is 57.1 Å². The molecule has 2 unspecified atom stereocenters. The highest BCUT2D eigenvalue weighted by atomic mass is 19.1. The fourth-order valence-electron chi connectivity index (χ4n) is 4.43. The van der Waals surface area contributed by atoms with E-state index in [1.54, 1.807) is 18.2 Å². The summed E-state index contributed by atoms with van der Waals surface area (Å²) in [5, 5.41) is 3.23. The summed E-state index contributed by atoms with van der Waals surface area (Å²) in [5.74, 6) is 0.00812. The third-order valence-electron chi connectivity index (χ3n) is 6.04. The normalized spacial score (nSPS) is 19.8. The first-order valence-corrected chi connectivity index (χ1v) is 11.0. The number of hydrogen-bond donors (Lipinski definition) is 1. The Morgan fingerprint density at radius 3 is 2.77 bits per heavy atom. The van der Waals surface area contributed by atoms with Crippen molar-refractivity contribution in [1.82, 2.24) is 14.8 Å². The van der Waals surface area contributed by atoms with Gasteiger partial charge in [-0.05, 0) is 57.7 Å². The van der Waals surface area contributed by atoms with E-state index in [0.29, 0.717) is 17.2 Å². The van der Waals surface area contributed by atoms with E-state index in [1.807, 2.05) is 31.4 Å². The quantitative estimate of drug-likeness (QED) is 0.661. The summed E-state index contributed by atoms with van der Waals surface area (Å²) in [6.07, 6.45) is 1.98. The van der Waals surface area contributed by atoms with Gasteiger partial charge in [0.2, 0.25) is 0 Å². The third kappa shape index (κ3) is 5.10. The number of carbonyl (C=O) groups is 1. The van der Waals surface area contributed by atoms with Gasteiger partial charge in [0, 0.05) is 50.3 Å². The second kappa shape index (κ2) is 10.2. The number of nitrogens with zero attached hydrogens (tertiary/aromatic N) is 2. The van der Waals surface area contributed by atoms with Gasteiger partial charge in [0.05, 0.1) is 11.3 Å². The smallest absolute Gasteiger partial charge is 0.253 e. The third-order valence-corrected chi connectivity index (χ3v) is 6.04. The largest absolute Gasteiger partial charge is 0.382 e. The van der Waals surface area contributed by atoms with Gasteiger partial charge in [0.25, 0.3) is 5.91 Å². The van der Waals surface area contributed by atoms with Crippen LogP contribution in [0.1, 0.15) is 48.4 Å². The summed E-state index contributed by atoms with van der Waals surface area (Å²) in [7, 11) is 0. The first-order chi connectivity index (χ1) is 14.4. The van der Waals surface area contributed by atoms with E-state index >= 15 is 0 Å². The highest BCUT2D eigenvalue weighted by Gasteiger charge is 2.28. The molecular weight excluding hydrogens is 381 g/mol. The Hall–Kier alpha value is -2.18. The monoisotopic (exact) mass is 415 g/mol. The summed E-state index contributed by atoms with van der Waals surface area (Å²) in [6.45, 7) is 12.6. The van der Waals surface area contributed by atoms with E-state index in [-0.39, 0.29) is 17.8 Å². The van der Waals surface area contributed by atoms with Crippen LogP contribution >= 0.6 is 0 Å². The van der Waals surface area contributed by atoms with Crippen molar-refractivity contribution in [3.05, 3.63) is 53.1 Å². The van der Waals surface area contributed by atoms with Crippen molar-refractivity contribution in [3.63, 3.8) is 0 Å². The molecule has 1 amide bonds. The maximum Gasteiger partial charge on any atom is 0.253 e. The molecule has 2 heterocycles. The molecule has 0 saturated carbocycles. The fraction of sp³-hybridized carbons (Fsp3) is 0.542. The second-order valence-corrected chi connectivity index (χ2v) is 8.27. The van der Waals surface area contributed by atoms with Crippen LogP contribution in [0.15, 0.2) is 30.3 Å². The van der Waals surface area contributed by atoms with Gasteiger partial charge in [0.15, 0.2) is 0 Å². The zero-order valence-electron chi connectivity index (χ0n) is 18.6. The van der Waals surface area contributed by atoms with Crippen LogP contribution in [0.2, 0.25) is 0 Å². The summed E-state index contributed by atoms with van der Waals surface area (Å²) >= 11 is 0. The van der Waals surface area contributed by atoms with Gasteiger partial charge in [-0.3, -0.25) is 4.79 Å². The maximum absolute atomic E-state index is 14.3. The number of rotatable bonds is 8. The van der Waals surface area contributed by atoms with Crippen LogP contribution in [0.5, 0.6) is 0 Å². The molecule has 30 heavy (non-hydrogen) atoms. The number of hydrogen-bond acceptors (Lipinski definition) is 3. The van der Waals surface area contributed by atoms with Crippen molar-refractivity contribution in [2.45, 2.75) is 46.6 Å². The van der Waals surface area contributed by atoms with Gasteiger partial charge >= 0.3 is 0 Å². The summed E-state index contributed by atoms with van der Waals surface area (Å²) in [4.78, 5) is 15.5. The van der Waals surface area contributed by atoms with Crippen LogP contribution in [0.3, 0.4) is 0 Å². The molecule has 0 radical (unpaired) electrons. The highest BCUT2D eigenvalue weighted by Crippen LogP contribution is 2.24. The van der Waals surface area contributed by atoms with Gasteiger partial charge in [-0.15, -0.1) is 0 Å². The zero-order valence-corrected chi connectivity index (χ0v) is 18.6. The lowest BCUT2D eigenvalue weighted by Gasteiger charge is -2.37. The molecule has 2 atom stereocenters. The summed E-state index contributed by atoms with van der Waals surface area (Å²) < 4.78 is 21.5. The van der Waals surface area contributed by atoms with E-state index in [9.17, 15) is 9.18 Å². The Morgan fingerprint density at radius 1 is 1.30 bits per heavy atom. The van der Waals surface area contributed by atoms with E-state index in [1.165, 1.54) is 6.07 Å². The topological polar surface area (TPSA) is 46.5 Å². The predicted octanol–water partition coefficient (Wildman–Crippen LogP) is 4.10. The first kappa shape index (κ1) is 22.5. The number of ether oxygens (including phenoxy) is 1. The Morgan fingerprint density at radius 2 is 2.07 bits per heavy atom. The molecule has 0 bridgehead atoms. The number of benzene rings is 1. The molecular formula is C24H34FN3O2. The average molecular weight is 416 g/mol. The average Bonchev–Trinajstić information content (AvgIpc) is 3.02. The van der Waals surface area contributed by atoms with E-state index in [2.05, 4.69) is 17.1 Å². The highest BCUT2D eigenvalue weighted by molar-refractivity contribution is 5.96. The number of aromatic nitrogens is 1. The molecule has 6 heteroatoms. The Bertz CT molecular complexity index is 864. The van der Waals surface area contributed by atoms with E-state index in [4.69, 9.17) is 4.74 Å². The lowest BCUT2D eigenvalue weighted by atomic mass is 9.93. The molecule has 1 aromatic heterocycles. The zero-order chi connectivity index (χ0) is 21.7. The van der Waals surface area contributed by atoms with Gasteiger partial charge < -0.3 is 19.5 Å². The van der Waals surface area contributed by atoms with Gasteiger partial charge in [-0.1, -0.05) is 19.1 Å². The molecule has 1 saturated heterocycles. The van der Waals surface area contributed by atoms with Crippen LogP contribution in [-0.4, -0.2) is 54.3 Å². The van der Waals surface area contributed by atoms with Gasteiger partial charge in [-0.25, -0.2) is 4.39 Å². The SMILES string of the molecule is CCOCCCN1CCC(NC(=O)c2cc(C)n(-c3ccccc3F)c2C)C(C)C1. The van der Waals surface area contributed by atoms with Crippen LogP contribution in [-0.2, 0) is 4.74 Å². The van der Waals surface area contributed by atoms with Gasteiger partial charge in [0.1, 0.15) is 5.82 Å². The molecule has 3 rings (SSSR count). The van der Waals surface area contributed by atoms with Crippen LogP contribution in [0.4, 0.5) is 4.39 Å². The van der Waals surface area contributed by atoms with Crippen molar-refractivity contribution in [2.75, 3.05) is 32.8 Å². The number of piperidine rings is 1. The Balaban J connectivity index is 1.63. The summed E-state index contributed by atoms with van der Waals surface area (Å²) in [6, 6.07) is 8.66. The Labute approximate surface area is 179 Å². The van der Waals surface area contributed by atoms with Gasteiger partial charge in [-0.2, -0.15) is 0 Å². The second-order valence-electron chi connectivity index (χ2n) is 8.27. The minimum absolute atomic E-state index is 0.0765. The standard InChI is InChI=1S/C24H34FN3O2/c1-5-30-14-8-12-27-13-11-22(17(2)16-27)26-24(29)20-15-18(3)28(19(20)4)23-10-7-6-9-21(23)25/h6-7,9-10,15,17,22H,5,8,11-14,16H2,1-4H3,(H,26,29). The summed E-state index contributed by atoms with van der Waals surface area (Å²) in [5.41, 5.74) is 2.69. The lowest BCUT2D eigenvalue weighted by Crippen LogP contribution is -2.50. The number of likely N-dealkylation sites (tertiary alicyclic amines) is 1. The molecule has 0 aliphatic carbocycles. The minimum Gasteiger partial charge on any atom is -0.382 e. The molecule has 1 N–H and O–H groups in total. The molecule has 5 nitrogen and oxygen atoms in total. The van der Waals surface area contributed by atoms with Crippen LogP contribution in [0, 0.1) is 25.6 Å². The number of halogens is 1. The molecule has 2 aromatic rings. The first-order valence-electron chi connectivity index (χ1n) is 11.0. The van der Waals surface area contributed by atoms with Crippen LogP contribution < -0.4 is 5.32 Å². The molecule has 1 fully saturated rings. The van der Waals surface area contributed by atoms with Crippen molar-refractivity contribution >= 4 is 5.91 Å². The maximum atomic E-state index is 14.3. The number of amides is 1. The van der Waals surface area contributed by atoms with E-state index < -0.39 is 0 Å². The van der Waals surface area contributed by atoms with Crippen molar-refractivity contribution in [3.8, 4) is 5.69 Å². The Kier molecular flexibility index (Phi) is 7.67. The predicted molar refractivity (Wildman–Crippen MR) is 118 cm³/mol. The molecule has 0 spiro atoms. The molecule has 1 aromatic carbocycles. The van der Waals surface area contributed by atoms with Crippen LogP contribution in [0.25, 0.3) is 5.69 Å². The molecule has 1 aliphatic heterocycles. The fourth-order valence-corrected chi connectivity index (χ4v) is 4.43. The minimum atomic E-state index is -0.295. The molecule has 164 valence electrons. The number of para-hydroxylation sites is 1. The lowest BCUT2D eigenvalue weighted by molar-refractivity contribution is 0.0843.